The molecule has 1 aromatic rings. The average molecular weight is 249 g/mol. The predicted molar refractivity (Wildman–Crippen MR) is 55.9 cm³/mol. The van der Waals surface area contributed by atoms with Gasteiger partial charge in [0.15, 0.2) is 0 Å². The Hall–Kier alpha value is -1.18. The molecule has 0 aromatic carbocycles. The molecule has 0 fully saturated rings. The minimum Gasteiger partial charge on any atom is -0.370 e. The molecule has 1 heterocycles. The summed E-state index contributed by atoms with van der Waals surface area (Å²) in [4.78, 5) is 3.90. The van der Waals surface area contributed by atoms with Gasteiger partial charge in [0.25, 0.3) is 0 Å². The maximum atomic E-state index is 11.9. The zero-order valence-electron chi connectivity index (χ0n) is 9.07. The summed E-state index contributed by atoms with van der Waals surface area (Å²) in [6.07, 6.45) is -0.599. The van der Waals surface area contributed by atoms with Crippen LogP contribution in [0.15, 0.2) is 24.5 Å². The molecule has 0 bridgehead atoms. The van der Waals surface area contributed by atoms with Crippen LogP contribution < -0.4 is 11.3 Å². The van der Waals surface area contributed by atoms with Gasteiger partial charge in [-0.25, -0.2) is 0 Å². The Labute approximate surface area is 96.9 Å². The highest BCUT2D eigenvalue weighted by Gasteiger charge is 2.27. The van der Waals surface area contributed by atoms with Crippen LogP contribution in [-0.4, -0.2) is 30.4 Å². The van der Waals surface area contributed by atoms with Crippen molar-refractivity contribution in [2.45, 2.75) is 18.6 Å². The molecule has 0 amide bonds. The summed E-state index contributed by atoms with van der Waals surface area (Å²) in [5.74, 6) is 5.24. The van der Waals surface area contributed by atoms with E-state index >= 15 is 0 Å². The molecule has 0 aliphatic heterocycles. The number of hydrogen-bond donors (Lipinski definition) is 2. The standard InChI is InChI=1S/C10H14F3N3O/c11-10(12,13)7-17-6-9(16-14)4-8-2-1-3-15-5-8/h1-3,5,9,16H,4,6-7,14H2. The van der Waals surface area contributed by atoms with Gasteiger partial charge in [-0.15, -0.1) is 0 Å². The molecule has 17 heavy (non-hydrogen) atoms. The van der Waals surface area contributed by atoms with E-state index in [1.807, 2.05) is 6.07 Å². The summed E-state index contributed by atoms with van der Waals surface area (Å²) in [7, 11) is 0. The molecule has 1 atom stereocenters. The fraction of sp³-hybridized carbons (Fsp3) is 0.500. The number of rotatable bonds is 6. The number of hydrazine groups is 1. The summed E-state index contributed by atoms with van der Waals surface area (Å²) < 4.78 is 40.1. The van der Waals surface area contributed by atoms with Gasteiger partial charge in [0.05, 0.1) is 6.61 Å². The van der Waals surface area contributed by atoms with Crippen molar-refractivity contribution in [2.24, 2.45) is 5.84 Å². The lowest BCUT2D eigenvalue weighted by atomic mass is 10.1. The highest BCUT2D eigenvalue weighted by molar-refractivity contribution is 5.10. The van der Waals surface area contributed by atoms with Crippen molar-refractivity contribution in [2.75, 3.05) is 13.2 Å². The van der Waals surface area contributed by atoms with E-state index in [0.717, 1.165) is 5.56 Å². The largest absolute Gasteiger partial charge is 0.411 e. The van der Waals surface area contributed by atoms with Crippen molar-refractivity contribution in [3.05, 3.63) is 30.1 Å². The molecule has 0 radical (unpaired) electrons. The Morgan fingerprint density at radius 3 is 2.76 bits per heavy atom. The molecule has 0 aliphatic rings. The molecule has 3 N–H and O–H groups in total. The van der Waals surface area contributed by atoms with E-state index in [4.69, 9.17) is 5.84 Å². The second-order valence-electron chi connectivity index (χ2n) is 3.56. The van der Waals surface area contributed by atoms with E-state index < -0.39 is 12.8 Å². The van der Waals surface area contributed by atoms with Crippen LogP contribution in [0.25, 0.3) is 0 Å². The number of ether oxygens (including phenoxy) is 1. The maximum absolute atomic E-state index is 11.9. The van der Waals surface area contributed by atoms with E-state index in [1.54, 1.807) is 18.5 Å². The zero-order chi connectivity index (χ0) is 12.7. The van der Waals surface area contributed by atoms with E-state index in [2.05, 4.69) is 15.1 Å². The Balaban J connectivity index is 2.34. The second-order valence-corrected chi connectivity index (χ2v) is 3.56. The lowest BCUT2D eigenvalue weighted by Crippen LogP contribution is -2.41. The van der Waals surface area contributed by atoms with Crippen LogP contribution in [0.4, 0.5) is 13.2 Å². The van der Waals surface area contributed by atoms with Gasteiger partial charge in [0.2, 0.25) is 0 Å². The van der Waals surface area contributed by atoms with Gasteiger partial charge in [0.1, 0.15) is 6.61 Å². The summed E-state index contributed by atoms with van der Waals surface area (Å²) in [5.41, 5.74) is 3.30. The average Bonchev–Trinajstić information content (AvgIpc) is 2.27. The maximum Gasteiger partial charge on any atom is 0.411 e. The van der Waals surface area contributed by atoms with Crippen molar-refractivity contribution in [1.29, 1.82) is 0 Å². The fourth-order valence-electron chi connectivity index (χ4n) is 1.29. The smallest absolute Gasteiger partial charge is 0.370 e. The number of nitrogens with one attached hydrogen (secondary N) is 1. The second kappa shape index (κ2) is 6.53. The van der Waals surface area contributed by atoms with Crippen LogP contribution in [0.5, 0.6) is 0 Å². The number of pyridine rings is 1. The van der Waals surface area contributed by atoms with E-state index in [9.17, 15) is 13.2 Å². The zero-order valence-corrected chi connectivity index (χ0v) is 9.07. The first-order valence-corrected chi connectivity index (χ1v) is 5.01. The van der Waals surface area contributed by atoms with Gasteiger partial charge in [-0.2, -0.15) is 13.2 Å². The number of aromatic nitrogens is 1. The third-order valence-corrected chi connectivity index (χ3v) is 2.03. The van der Waals surface area contributed by atoms with Crippen molar-refractivity contribution in [3.63, 3.8) is 0 Å². The van der Waals surface area contributed by atoms with Gasteiger partial charge in [0, 0.05) is 18.4 Å². The highest BCUT2D eigenvalue weighted by atomic mass is 19.4. The molecule has 1 rings (SSSR count). The van der Waals surface area contributed by atoms with Crippen LogP contribution in [0.3, 0.4) is 0 Å². The first kappa shape index (κ1) is 13.9. The summed E-state index contributed by atoms with van der Waals surface area (Å²) in [6, 6.07) is 3.20. The van der Waals surface area contributed by atoms with Crippen LogP contribution in [0, 0.1) is 0 Å². The SMILES string of the molecule is NNC(COCC(F)(F)F)Cc1cccnc1. The molecular weight excluding hydrogens is 235 g/mol. The first-order chi connectivity index (χ1) is 8.01. The molecule has 1 aromatic heterocycles. The molecule has 7 heteroatoms. The van der Waals surface area contributed by atoms with Crippen molar-refractivity contribution < 1.29 is 17.9 Å². The first-order valence-electron chi connectivity index (χ1n) is 5.01. The predicted octanol–water partition coefficient (Wildman–Crippen LogP) is 1.03. The molecule has 96 valence electrons. The third-order valence-electron chi connectivity index (χ3n) is 2.03. The van der Waals surface area contributed by atoms with Crippen LogP contribution in [0.2, 0.25) is 0 Å². The van der Waals surface area contributed by atoms with Gasteiger partial charge >= 0.3 is 6.18 Å². The van der Waals surface area contributed by atoms with Crippen molar-refractivity contribution >= 4 is 0 Å². The highest BCUT2D eigenvalue weighted by Crippen LogP contribution is 2.14. The van der Waals surface area contributed by atoms with Crippen LogP contribution in [-0.2, 0) is 11.2 Å². The monoisotopic (exact) mass is 249 g/mol. The lowest BCUT2D eigenvalue weighted by Gasteiger charge is -2.16. The molecule has 1 unspecified atom stereocenters. The fourth-order valence-corrected chi connectivity index (χ4v) is 1.29. The Morgan fingerprint density at radius 1 is 1.47 bits per heavy atom. The van der Waals surface area contributed by atoms with Crippen molar-refractivity contribution in [3.8, 4) is 0 Å². The number of hydrogen-bond acceptors (Lipinski definition) is 4. The van der Waals surface area contributed by atoms with Crippen molar-refractivity contribution in [1.82, 2.24) is 10.4 Å². The Bertz CT molecular complexity index is 318. The molecule has 0 saturated carbocycles. The van der Waals surface area contributed by atoms with Crippen LogP contribution >= 0.6 is 0 Å². The molecule has 0 spiro atoms. The Morgan fingerprint density at radius 2 is 2.24 bits per heavy atom. The van der Waals surface area contributed by atoms with E-state index in [-0.39, 0.29) is 12.6 Å². The number of halogens is 3. The minimum absolute atomic E-state index is 0.106. The summed E-state index contributed by atoms with van der Waals surface area (Å²) in [5, 5.41) is 0. The minimum atomic E-state index is -4.31. The number of alkyl halides is 3. The van der Waals surface area contributed by atoms with Gasteiger partial charge in [-0.05, 0) is 18.1 Å². The summed E-state index contributed by atoms with van der Waals surface area (Å²) in [6.45, 7) is -1.37. The molecule has 0 saturated heterocycles. The topological polar surface area (TPSA) is 60.2 Å². The number of nitrogens with two attached hydrogens (primary N) is 1. The quantitative estimate of drug-likeness (QED) is 0.584. The van der Waals surface area contributed by atoms with Gasteiger partial charge in [-0.1, -0.05) is 6.07 Å². The molecular formula is C10H14F3N3O. The molecule has 0 aliphatic carbocycles. The van der Waals surface area contributed by atoms with Crippen LogP contribution in [0.1, 0.15) is 5.56 Å². The van der Waals surface area contributed by atoms with E-state index in [0.29, 0.717) is 6.42 Å². The number of nitrogens with zero attached hydrogens (tertiary/aromatic N) is 1. The third kappa shape index (κ3) is 6.20. The molecule has 4 nitrogen and oxygen atoms in total. The van der Waals surface area contributed by atoms with E-state index in [1.165, 1.54) is 0 Å². The normalized spacial score (nSPS) is 13.6. The summed E-state index contributed by atoms with van der Waals surface area (Å²) >= 11 is 0. The lowest BCUT2D eigenvalue weighted by molar-refractivity contribution is -0.175. The van der Waals surface area contributed by atoms with Gasteiger partial charge < -0.3 is 4.74 Å². The Kier molecular flexibility index (Phi) is 5.33. The van der Waals surface area contributed by atoms with Gasteiger partial charge in [-0.3, -0.25) is 16.3 Å².